The van der Waals surface area contributed by atoms with E-state index in [9.17, 15) is 9.18 Å². The molecule has 0 unspecified atom stereocenters. The molecule has 4 rings (SSSR count). The van der Waals surface area contributed by atoms with Gasteiger partial charge in [-0.3, -0.25) is 0 Å². The van der Waals surface area contributed by atoms with Crippen molar-refractivity contribution in [2.75, 3.05) is 19.0 Å². The minimum atomic E-state index is -0.522. The van der Waals surface area contributed by atoms with E-state index in [0.717, 1.165) is 5.56 Å². The number of allylic oxidation sites excluding steroid dienone is 1. The Balaban J connectivity index is 1.69. The average molecular weight is 455 g/mol. The predicted molar refractivity (Wildman–Crippen MR) is 120 cm³/mol. The van der Waals surface area contributed by atoms with Gasteiger partial charge in [0.2, 0.25) is 11.1 Å². The molecular formula is C23H23FN4O3S. The van der Waals surface area contributed by atoms with Crippen LogP contribution in [0.15, 0.2) is 65.0 Å². The third-order valence-corrected chi connectivity index (χ3v) is 5.96. The van der Waals surface area contributed by atoms with Crippen molar-refractivity contribution >= 4 is 23.7 Å². The van der Waals surface area contributed by atoms with Gasteiger partial charge in [0, 0.05) is 11.4 Å². The summed E-state index contributed by atoms with van der Waals surface area (Å²) in [4.78, 5) is 17.4. The standard InChI is InChI=1S/C23H23FN4O3S/c1-4-31-21(29)19-14(2)25-22-26-23(32-13-16-7-5-6-8-18(16)24)27-28(22)20(19)15-9-11-17(30-3)12-10-15/h5-12,20H,4,13H2,1-3H3,(H,25,26,27)/t20-/m0/s1. The maximum absolute atomic E-state index is 14.0. The first kappa shape index (κ1) is 21.9. The quantitative estimate of drug-likeness (QED) is 0.414. The Morgan fingerprint density at radius 2 is 1.97 bits per heavy atom. The minimum absolute atomic E-state index is 0.263. The summed E-state index contributed by atoms with van der Waals surface area (Å²) in [6.45, 7) is 3.84. The van der Waals surface area contributed by atoms with E-state index in [2.05, 4.69) is 15.4 Å². The smallest absolute Gasteiger partial charge is 0.338 e. The molecule has 0 amide bonds. The SMILES string of the molecule is CCOC(=O)C1=C(C)Nc2nc(SCc3ccccc3F)nn2[C@H]1c1ccc(OC)cc1. The van der Waals surface area contributed by atoms with Crippen molar-refractivity contribution in [2.24, 2.45) is 0 Å². The van der Waals surface area contributed by atoms with E-state index in [1.165, 1.54) is 17.8 Å². The number of hydrogen-bond acceptors (Lipinski definition) is 7. The fourth-order valence-electron chi connectivity index (χ4n) is 3.52. The van der Waals surface area contributed by atoms with Crippen LogP contribution in [0.5, 0.6) is 5.75 Å². The van der Waals surface area contributed by atoms with Gasteiger partial charge in [-0.25, -0.2) is 13.9 Å². The van der Waals surface area contributed by atoms with E-state index in [-0.39, 0.29) is 12.4 Å². The number of carbonyl (C=O) groups is 1. The number of carbonyl (C=O) groups excluding carboxylic acids is 1. The predicted octanol–water partition coefficient (Wildman–Crippen LogP) is 4.57. The summed E-state index contributed by atoms with van der Waals surface area (Å²) >= 11 is 1.33. The molecule has 1 N–H and O–H groups in total. The van der Waals surface area contributed by atoms with Gasteiger partial charge in [-0.05, 0) is 43.2 Å². The highest BCUT2D eigenvalue weighted by Gasteiger charge is 2.35. The Hall–Kier alpha value is -3.33. The highest BCUT2D eigenvalue weighted by Crippen LogP contribution is 2.37. The molecule has 3 aromatic rings. The van der Waals surface area contributed by atoms with Gasteiger partial charge in [-0.2, -0.15) is 4.98 Å². The summed E-state index contributed by atoms with van der Waals surface area (Å²) in [5.74, 6) is 0.925. The summed E-state index contributed by atoms with van der Waals surface area (Å²) in [5.41, 5.74) is 2.52. The molecule has 2 aromatic carbocycles. The number of nitrogens with one attached hydrogen (secondary N) is 1. The van der Waals surface area contributed by atoms with Gasteiger partial charge in [0.1, 0.15) is 17.6 Å². The maximum atomic E-state index is 14.0. The van der Waals surface area contributed by atoms with Crippen LogP contribution >= 0.6 is 11.8 Å². The molecule has 0 bridgehead atoms. The van der Waals surface area contributed by atoms with Gasteiger partial charge in [-0.15, -0.1) is 5.10 Å². The molecule has 166 valence electrons. The lowest BCUT2D eigenvalue weighted by Crippen LogP contribution is -2.29. The van der Waals surface area contributed by atoms with E-state index in [0.29, 0.717) is 39.4 Å². The van der Waals surface area contributed by atoms with Gasteiger partial charge in [0.05, 0.1) is 19.3 Å². The molecule has 0 spiro atoms. The largest absolute Gasteiger partial charge is 0.497 e. The summed E-state index contributed by atoms with van der Waals surface area (Å²) in [7, 11) is 1.60. The monoisotopic (exact) mass is 454 g/mol. The maximum Gasteiger partial charge on any atom is 0.338 e. The second-order valence-corrected chi connectivity index (χ2v) is 8.04. The molecule has 32 heavy (non-hydrogen) atoms. The first-order chi connectivity index (χ1) is 15.5. The average Bonchev–Trinajstić information content (AvgIpc) is 3.20. The van der Waals surface area contributed by atoms with E-state index in [1.54, 1.807) is 36.9 Å². The highest BCUT2D eigenvalue weighted by molar-refractivity contribution is 7.98. The summed E-state index contributed by atoms with van der Waals surface area (Å²) in [6.07, 6.45) is 0. The van der Waals surface area contributed by atoms with E-state index >= 15 is 0 Å². The summed E-state index contributed by atoms with van der Waals surface area (Å²) in [6, 6.07) is 13.5. The van der Waals surface area contributed by atoms with Crippen LogP contribution in [0.25, 0.3) is 0 Å². The number of thioether (sulfide) groups is 1. The number of rotatable bonds is 7. The van der Waals surface area contributed by atoms with Crippen molar-refractivity contribution < 1.29 is 18.7 Å². The van der Waals surface area contributed by atoms with Crippen LogP contribution in [0.2, 0.25) is 0 Å². The second-order valence-electron chi connectivity index (χ2n) is 7.10. The molecule has 1 aromatic heterocycles. The third kappa shape index (κ3) is 4.34. The van der Waals surface area contributed by atoms with E-state index < -0.39 is 12.0 Å². The van der Waals surface area contributed by atoms with Crippen LogP contribution in [0.4, 0.5) is 10.3 Å². The van der Waals surface area contributed by atoms with Crippen LogP contribution in [0.1, 0.15) is 31.0 Å². The zero-order valence-corrected chi connectivity index (χ0v) is 18.8. The number of fused-ring (bicyclic) bond motifs is 1. The number of hydrogen-bond donors (Lipinski definition) is 1. The summed E-state index contributed by atoms with van der Waals surface area (Å²) < 4.78 is 26.2. The van der Waals surface area contributed by atoms with Crippen LogP contribution in [-0.4, -0.2) is 34.5 Å². The Morgan fingerprint density at radius 1 is 1.22 bits per heavy atom. The Labute approximate surface area is 189 Å². The third-order valence-electron chi connectivity index (χ3n) is 5.07. The number of benzene rings is 2. The van der Waals surface area contributed by atoms with Crippen LogP contribution < -0.4 is 10.1 Å². The van der Waals surface area contributed by atoms with Crippen LogP contribution in [0, 0.1) is 5.82 Å². The molecule has 7 nitrogen and oxygen atoms in total. The van der Waals surface area contributed by atoms with Gasteiger partial charge >= 0.3 is 5.97 Å². The Bertz CT molecular complexity index is 1160. The molecule has 0 fully saturated rings. The van der Waals surface area contributed by atoms with Gasteiger partial charge in [0.25, 0.3) is 0 Å². The number of methoxy groups -OCH3 is 1. The number of halogens is 1. The number of anilines is 1. The lowest BCUT2D eigenvalue weighted by molar-refractivity contribution is -0.139. The lowest BCUT2D eigenvalue weighted by atomic mass is 9.96. The molecule has 1 aliphatic rings. The fraction of sp³-hybridized carbons (Fsp3) is 0.261. The molecule has 0 saturated carbocycles. The van der Waals surface area contributed by atoms with Crippen molar-refractivity contribution in [3.63, 3.8) is 0 Å². The minimum Gasteiger partial charge on any atom is -0.497 e. The second kappa shape index (κ2) is 9.44. The molecule has 9 heteroatoms. The van der Waals surface area contributed by atoms with E-state index in [4.69, 9.17) is 9.47 Å². The first-order valence-electron chi connectivity index (χ1n) is 10.1. The number of ether oxygens (including phenoxy) is 2. The molecule has 1 atom stereocenters. The zero-order chi connectivity index (χ0) is 22.7. The normalized spacial score (nSPS) is 15.2. The lowest BCUT2D eigenvalue weighted by Gasteiger charge is -2.28. The van der Waals surface area contributed by atoms with Crippen molar-refractivity contribution in [1.82, 2.24) is 14.8 Å². The fourth-order valence-corrected chi connectivity index (χ4v) is 4.33. The topological polar surface area (TPSA) is 78.3 Å². The Morgan fingerprint density at radius 3 is 2.66 bits per heavy atom. The van der Waals surface area contributed by atoms with E-state index in [1.807, 2.05) is 31.2 Å². The molecule has 1 aliphatic heterocycles. The van der Waals surface area contributed by atoms with Gasteiger partial charge in [0.15, 0.2) is 0 Å². The van der Waals surface area contributed by atoms with Crippen molar-refractivity contribution in [2.45, 2.75) is 30.8 Å². The molecule has 0 saturated heterocycles. The van der Waals surface area contributed by atoms with Crippen LogP contribution in [0.3, 0.4) is 0 Å². The number of aromatic nitrogens is 3. The Kier molecular flexibility index (Phi) is 6.45. The molecular weight excluding hydrogens is 431 g/mol. The van der Waals surface area contributed by atoms with Crippen molar-refractivity contribution in [3.8, 4) is 5.75 Å². The van der Waals surface area contributed by atoms with Gasteiger partial charge in [-0.1, -0.05) is 42.1 Å². The highest BCUT2D eigenvalue weighted by atomic mass is 32.2. The molecule has 0 radical (unpaired) electrons. The number of nitrogens with zero attached hydrogens (tertiary/aromatic N) is 3. The van der Waals surface area contributed by atoms with Gasteiger partial charge < -0.3 is 14.8 Å². The number of esters is 1. The van der Waals surface area contributed by atoms with Crippen LogP contribution in [-0.2, 0) is 15.3 Å². The van der Waals surface area contributed by atoms with Crippen molar-refractivity contribution in [3.05, 3.63) is 76.7 Å². The first-order valence-corrected chi connectivity index (χ1v) is 11.1. The van der Waals surface area contributed by atoms with Crippen molar-refractivity contribution in [1.29, 1.82) is 0 Å². The molecule has 0 aliphatic carbocycles. The summed E-state index contributed by atoms with van der Waals surface area (Å²) in [5, 5.41) is 8.27. The molecule has 2 heterocycles. The zero-order valence-electron chi connectivity index (χ0n) is 18.0.